The molecule has 0 saturated heterocycles. The number of carbonyl (C=O) groups excluding carboxylic acids is 1. The van der Waals surface area contributed by atoms with Crippen molar-refractivity contribution in [3.05, 3.63) is 42.5 Å². The van der Waals surface area contributed by atoms with E-state index in [0.717, 1.165) is 0 Å². The van der Waals surface area contributed by atoms with E-state index < -0.39 is 18.6 Å². The van der Waals surface area contributed by atoms with Crippen molar-refractivity contribution in [2.24, 2.45) is 0 Å². The number of amides is 1. The van der Waals surface area contributed by atoms with Crippen molar-refractivity contribution in [3.63, 3.8) is 0 Å². The second-order valence-electron chi connectivity index (χ2n) is 4.47. The van der Waals surface area contributed by atoms with Crippen LogP contribution < -0.4 is 0 Å². The fourth-order valence-corrected chi connectivity index (χ4v) is 1.81. The van der Waals surface area contributed by atoms with Gasteiger partial charge in [0.15, 0.2) is 5.82 Å². The minimum atomic E-state index is -4.44. The number of hydrogen-bond donors (Lipinski definition) is 0. The average Bonchev–Trinajstić information content (AvgIpc) is 2.52. The summed E-state index contributed by atoms with van der Waals surface area (Å²) in [5, 5.41) is 0. The summed E-state index contributed by atoms with van der Waals surface area (Å²) < 4.78 is 37.3. The highest BCUT2D eigenvalue weighted by atomic mass is 19.4. The number of pyridine rings is 1. The largest absolute Gasteiger partial charge is 0.406 e. The molecule has 0 atom stereocenters. The lowest BCUT2D eigenvalue weighted by Gasteiger charge is -2.22. The molecule has 0 aliphatic heterocycles. The standard InChI is InChI=1S/C14H13F3N4O/c1-2-21(9-14(15,16)17)13(22)11-7-19-12(20-8-11)10-4-3-5-18-6-10/h3-8H,2,9H2,1H3. The van der Waals surface area contributed by atoms with Crippen LogP contribution in [0.25, 0.3) is 11.4 Å². The Morgan fingerprint density at radius 1 is 1.23 bits per heavy atom. The maximum atomic E-state index is 12.4. The summed E-state index contributed by atoms with van der Waals surface area (Å²) in [5.74, 6) is -0.402. The first-order chi connectivity index (χ1) is 10.4. The SMILES string of the molecule is CCN(CC(F)(F)F)C(=O)c1cnc(-c2cccnc2)nc1. The summed E-state index contributed by atoms with van der Waals surface area (Å²) >= 11 is 0. The summed E-state index contributed by atoms with van der Waals surface area (Å²) in [5.41, 5.74) is 0.669. The number of halogens is 3. The van der Waals surface area contributed by atoms with Crippen LogP contribution in [0.1, 0.15) is 17.3 Å². The number of nitrogens with zero attached hydrogens (tertiary/aromatic N) is 4. The van der Waals surface area contributed by atoms with Crippen molar-refractivity contribution in [1.82, 2.24) is 19.9 Å². The fraction of sp³-hybridized carbons (Fsp3) is 0.286. The molecule has 0 radical (unpaired) electrons. The zero-order valence-corrected chi connectivity index (χ0v) is 11.7. The molecule has 0 unspecified atom stereocenters. The summed E-state index contributed by atoms with van der Waals surface area (Å²) in [6.45, 7) is 0.129. The molecule has 2 aromatic rings. The molecule has 0 N–H and O–H groups in total. The van der Waals surface area contributed by atoms with Gasteiger partial charge in [-0.2, -0.15) is 13.2 Å². The lowest BCUT2D eigenvalue weighted by atomic mass is 10.2. The van der Waals surface area contributed by atoms with E-state index >= 15 is 0 Å². The molecule has 1 amide bonds. The Labute approximate surface area is 124 Å². The van der Waals surface area contributed by atoms with E-state index in [4.69, 9.17) is 0 Å². The van der Waals surface area contributed by atoms with Crippen LogP contribution in [0.4, 0.5) is 13.2 Å². The second-order valence-corrected chi connectivity index (χ2v) is 4.47. The molecule has 0 bridgehead atoms. The quantitative estimate of drug-likeness (QED) is 0.871. The Morgan fingerprint density at radius 2 is 1.91 bits per heavy atom. The third-order valence-corrected chi connectivity index (χ3v) is 2.86. The average molecular weight is 310 g/mol. The molecule has 0 aliphatic carbocycles. The van der Waals surface area contributed by atoms with Gasteiger partial charge < -0.3 is 4.90 Å². The molecule has 0 aromatic carbocycles. The predicted octanol–water partition coefficient (Wildman–Crippen LogP) is 2.56. The van der Waals surface area contributed by atoms with Crippen molar-refractivity contribution >= 4 is 5.91 Å². The number of alkyl halides is 3. The van der Waals surface area contributed by atoms with E-state index in [2.05, 4.69) is 15.0 Å². The first-order valence-corrected chi connectivity index (χ1v) is 6.49. The number of hydrogen-bond acceptors (Lipinski definition) is 4. The van der Waals surface area contributed by atoms with Gasteiger partial charge in [0, 0.05) is 36.9 Å². The number of rotatable bonds is 4. The normalized spacial score (nSPS) is 11.3. The molecular formula is C14H13F3N4O. The van der Waals surface area contributed by atoms with Crippen LogP contribution in [0.2, 0.25) is 0 Å². The molecule has 22 heavy (non-hydrogen) atoms. The van der Waals surface area contributed by atoms with E-state index in [1.54, 1.807) is 24.5 Å². The monoisotopic (exact) mass is 310 g/mol. The maximum Gasteiger partial charge on any atom is 0.406 e. The molecule has 2 rings (SSSR count). The van der Waals surface area contributed by atoms with Crippen molar-refractivity contribution in [1.29, 1.82) is 0 Å². The minimum absolute atomic E-state index is 0.0127. The van der Waals surface area contributed by atoms with Crippen molar-refractivity contribution in [2.45, 2.75) is 13.1 Å². The van der Waals surface area contributed by atoms with Crippen LogP contribution in [-0.4, -0.2) is 45.0 Å². The zero-order valence-electron chi connectivity index (χ0n) is 11.7. The second kappa shape index (κ2) is 6.50. The molecule has 0 spiro atoms. The first-order valence-electron chi connectivity index (χ1n) is 6.49. The third-order valence-electron chi connectivity index (χ3n) is 2.86. The van der Waals surface area contributed by atoms with Gasteiger partial charge in [-0.3, -0.25) is 9.78 Å². The summed E-state index contributed by atoms with van der Waals surface area (Å²) in [7, 11) is 0. The molecule has 0 fully saturated rings. The maximum absolute atomic E-state index is 12.4. The van der Waals surface area contributed by atoms with Gasteiger partial charge in [0.1, 0.15) is 6.54 Å². The Kier molecular flexibility index (Phi) is 4.69. The Hall–Kier alpha value is -2.51. The van der Waals surface area contributed by atoms with Crippen LogP contribution in [-0.2, 0) is 0 Å². The highest BCUT2D eigenvalue weighted by molar-refractivity contribution is 5.93. The molecule has 5 nitrogen and oxygen atoms in total. The molecule has 8 heteroatoms. The van der Waals surface area contributed by atoms with Gasteiger partial charge in [0.2, 0.25) is 0 Å². The number of carbonyl (C=O) groups is 1. The van der Waals surface area contributed by atoms with E-state index in [0.29, 0.717) is 16.3 Å². The van der Waals surface area contributed by atoms with Gasteiger partial charge in [0.25, 0.3) is 5.91 Å². The minimum Gasteiger partial charge on any atom is -0.330 e. The molecule has 2 aromatic heterocycles. The Morgan fingerprint density at radius 3 is 2.41 bits per heavy atom. The van der Waals surface area contributed by atoms with Crippen molar-refractivity contribution < 1.29 is 18.0 Å². The van der Waals surface area contributed by atoms with Crippen molar-refractivity contribution in [3.8, 4) is 11.4 Å². The Bertz CT molecular complexity index is 629. The third kappa shape index (κ3) is 4.00. The van der Waals surface area contributed by atoms with Gasteiger partial charge in [-0.05, 0) is 19.1 Å². The van der Waals surface area contributed by atoms with Crippen LogP contribution in [0.3, 0.4) is 0 Å². The van der Waals surface area contributed by atoms with Crippen LogP contribution >= 0.6 is 0 Å². The lowest BCUT2D eigenvalue weighted by Crippen LogP contribution is -2.38. The highest BCUT2D eigenvalue weighted by Gasteiger charge is 2.32. The van der Waals surface area contributed by atoms with Gasteiger partial charge in [-0.25, -0.2) is 9.97 Å². The van der Waals surface area contributed by atoms with Crippen LogP contribution in [0.15, 0.2) is 36.9 Å². The Balaban J connectivity index is 2.17. The molecule has 116 valence electrons. The molecule has 0 aliphatic rings. The van der Waals surface area contributed by atoms with E-state index in [1.807, 2.05) is 0 Å². The zero-order chi connectivity index (χ0) is 16.2. The van der Waals surface area contributed by atoms with Gasteiger partial charge in [-0.15, -0.1) is 0 Å². The molecular weight excluding hydrogens is 297 g/mol. The van der Waals surface area contributed by atoms with Gasteiger partial charge in [0.05, 0.1) is 5.56 Å². The lowest BCUT2D eigenvalue weighted by molar-refractivity contribution is -0.140. The topological polar surface area (TPSA) is 59.0 Å². The van der Waals surface area contributed by atoms with Crippen molar-refractivity contribution in [2.75, 3.05) is 13.1 Å². The molecule has 2 heterocycles. The summed E-state index contributed by atoms with van der Waals surface area (Å²) in [6.07, 6.45) is 1.14. The highest BCUT2D eigenvalue weighted by Crippen LogP contribution is 2.18. The van der Waals surface area contributed by atoms with E-state index in [-0.39, 0.29) is 12.1 Å². The summed E-state index contributed by atoms with van der Waals surface area (Å²) in [6, 6.07) is 3.45. The predicted molar refractivity (Wildman–Crippen MR) is 72.9 cm³/mol. The van der Waals surface area contributed by atoms with Crippen LogP contribution in [0, 0.1) is 0 Å². The first kappa shape index (κ1) is 15.9. The smallest absolute Gasteiger partial charge is 0.330 e. The summed E-state index contributed by atoms with van der Waals surface area (Å²) in [4.78, 5) is 24.7. The van der Waals surface area contributed by atoms with Gasteiger partial charge >= 0.3 is 6.18 Å². The van der Waals surface area contributed by atoms with Gasteiger partial charge in [-0.1, -0.05) is 0 Å². The van der Waals surface area contributed by atoms with Crippen LogP contribution in [0.5, 0.6) is 0 Å². The molecule has 0 saturated carbocycles. The number of aromatic nitrogens is 3. The van der Waals surface area contributed by atoms with E-state index in [9.17, 15) is 18.0 Å². The van der Waals surface area contributed by atoms with E-state index in [1.165, 1.54) is 19.3 Å². The fourth-order valence-electron chi connectivity index (χ4n) is 1.81.